The average molecular weight is 390 g/mol. The SMILES string of the molecule is CC(F)(F)c1ccc(NC(=O)CCN2CCC(CCc3cnc[nH]3)CC2)cc1. The van der Waals surface area contributed by atoms with Gasteiger partial charge in [0.1, 0.15) is 0 Å². The first-order chi connectivity index (χ1) is 13.4. The van der Waals surface area contributed by atoms with Crippen LogP contribution in [-0.4, -0.2) is 40.4 Å². The van der Waals surface area contributed by atoms with Crippen molar-refractivity contribution in [2.75, 3.05) is 25.0 Å². The highest BCUT2D eigenvalue weighted by atomic mass is 19.3. The minimum absolute atomic E-state index is 0.0547. The summed E-state index contributed by atoms with van der Waals surface area (Å²) in [5.74, 6) is -2.23. The number of nitrogens with zero attached hydrogens (tertiary/aromatic N) is 2. The van der Waals surface area contributed by atoms with E-state index < -0.39 is 5.92 Å². The molecule has 1 aliphatic rings. The van der Waals surface area contributed by atoms with E-state index in [2.05, 4.69) is 20.2 Å². The Kier molecular flexibility index (Phi) is 6.78. The fourth-order valence-electron chi connectivity index (χ4n) is 3.61. The van der Waals surface area contributed by atoms with Crippen LogP contribution >= 0.6 is 0 Å². The van der Waals surface area contributed by atoms with E-state index >= 15 is 0 Å². The number of aryl methyl sites for hydroxylation is 1. The van der Waals surface area contributed by atoms with E-state index in [1.165, 1.54) is 36.4 Å². The van der Waals surface area contributed by atoms with Crippen molar-refractivity contribution >= 4 is 11.6 Å². The van der Waals surface area contributed by atoms with E-state index in [0.29, 0.717) is 12.1 Å². The highest BCUT2D eigenvalue weighted by molar-refractivity contribution is 5.90. The quantitative estimate of drug-likeness (QED) is 0.710. The van der Waals surface area contributed by atoms with E-state index in [1.54, 1.807) is 6.33 Å². The molecule has 28 heavy (non-hydrogen) atoms. The predicted octanol–water partition coefficient (Wildman–Crippen LogP) is 4.19. The molecule has 0 atom stereocenters. The summed E-state index contributed by atoms with van der Waals surface area (Å²) < 4.78 is 26.5. The van der Waals surface area contributed by atoms with E-state index in [9.17, 15) is 13.6 Å². The molecule has 1 aliphatic heterocycles. The Morgan fingerprint density at radius 3 is 2.61 bits per heavy atom. The van der Waals surface area contributed by atoms with Crippen LogP contribution in [-0.2, 0) is 17.1 Å². The minimum Gasteiger partial charge on any atom is -0.348 e. The van der Waals surface area contributed by atoms with Crippen molar-refractivity contribution in [1.29, 1.82) is 0 Å². The normalized spacial score (nSPS) is 16.2. The third-order valence-electron chi connectivity index (χ3n) is 5.41. The maximum Gasteiger partial charge on any atom is 0.270 e. The molecule has 5 nitrogen and oxygen atoms in total. The smallest absolute Gasteiger partial charge is 0.270 e. The van der Waals surface area contributed by atoms with Gasteiger partial charge in [-0.25, -0.2) is 13.8 Å². The average Bonchev–Trinajstić information content (AvgIpc) is 3.19. The number of likely N-dealkylation sites (tertiary alicyclic amines) is 1. The molecule has 1 amide bonds. The molecule has 0 bridgehead atoms. The number of rotatable bonds is 8. The molecule has 1 saturated heterocycles. The van der Waals surface area contributed by atoms with Gasteiger partial charge in [0, 0.05) is 43.0 Å². The number of nitrogens with one attached hydrogen (secondary N) is 2. The van der Waals surface area contributed by atoms with Crippen LogP contribution in [0.25, 0.3) is 0 Å². The van der Waals surface area contributed by atoms with Crippen LogP contribution in [0.4, 0.5) is 14.5 Å². The van der Waals surface area contributed by atoms with Crippen LogP contribution in [0.1, 0.15) is 43.9 Å². The Labute approximate surface area is 164 Å². The zero-order valence-electron chi connectivity index (χ0n) is 16.3. The monoisotopic (exact) mass is 390 g/mol. The van der Waals surface area contributed by atoms with Crippen LogP contribution in [0.5, 0.6) is 0 Å². The molecular formula is C21H28F2N4O. The molecular weight excluding hydrogens is 362 g/mol. The van der Waals surface area contributed by atoms with Gasteiger partial charge in [0.15, 0.2) is 0 Å². The Morgan fingerprint density at radius 2 is 2.00 bits per heavy atom. The molecule has 2 aromatic rings. The summed E-state index contributed by atoms with van der Waals surface area (Å²) in [7, 11) is 0. The van der Waals surface area contributed by atoms with Crippen molar-refractivity contribution in [3.8, 4) is 0 Å². The maximum atomic E-state index is 13.2. The zero-order valence-corrected chi connectivity index (χ0v) is 16.3. The van der Waals surface area contributed by atoms with Crippen molar-refractivity contribution in [2.24, 2.45) is 5.92 Å². The number of piperidine rings is 1. The van der Waals surface area contributed by atoms with Crippen LogP contribution in [0.3, 0.4) is 0 Å². The summed E-state index contributed by atoms with van der Waals surface area (Å²) in [5.41, 5.74) is 1.69. The van der Waals surface area contributed by atoms with Crippen LogP contribution < -0.4 is 5.32 Å². The first-order valence-electron chi connectivity index (χ1n) is 9.88. The summed E-state index contributed by atoms with van der Waals surface area (Å²) in [6.45, 7) is 3.62. The molecule has 7 heteroatoms. The third-order valence-corrected chi connectivity index (χ3v) is 5.41. The number of anilines is 1. The summed E-state index contributed by atoms with van der Waals surface area (Å²) in [6.07, 6.45) is 8.53. The number of aromatic nitrogens is 2. The maximum absolute atomic E-state index is 13.2. The van der Waals surface area contributed by atoms with Gasteiger partial charge in [-0.15, -0.1) is 0 Å². The summed E-state index contributed by atoms with van der Waals surface area (Å²) >= 11 is 0. The lowest BCUT2D eigenvalue weighted by molar-refractivity contribution is -0.116. The lowest BCUT2D eigenvalue weighted by Crippen LogP contribution is -2.35. The molecule has 152 valence electrons. The largest absolute Gasteiger partial charge is 0.348 e. The summed E-state index contributed by atoms with van der Waals surface area (Å²) in [4.78, 5) is 21.7. The molecule has 0 saturated carbocycles. The molecule has 1 fully saturated rings. The molecule has 3 rings (SSSR count). The van der Waals surface area contributed by atoms with Gasteiger partial charge in [0.25, 0.3) is 5.92 Å². The number of carbonyl (C=O) groups is 1. The number of benzene rings is 1. The number of halogens is 2. The number of hydrogen-bond acceptors (Lipinski definition) is 3. The third kappa shape index (κ3) is 6.12. The number of hydrogen-bond donors (Lipinski definition) is 2. The second-order valence-corrected chi connectivity index (χ2v) is 7.66. The number of alkyl halides is 2. The van der Waals surface area contributed by atoms with Gasteiger partial charge in [0.2, 0.25) is 5.91 Å². The van der Waals surface area contributed by atoms with Crippen molar-refractivity contribution in [3.63, 3.8) is 0 Å². The second kappa shape index (κ2) is 9.28. The highest BCUT2D eigenvalue weighted by Crippen LogP contribution is 2.27. The molecule has 1 aromatic heterocycles. The van der Waals surface area contributed by atoms with E-state index in [0.717, 1.165) is 51.7 Å². The number of imidazole rings is 1. The standard InChI is InChI=1S/C21H28F2N4O/c1-21(22,23)17-3-6-18(7-4-17)26-20(28)10-13-27-11-8-16(9-12-27)2-5-19-14-24-15-25-19/h3-4,6-7,14-16H,2,5,8-13H2,1H3,(H,24,25)(H,26,28). The van der Waals surface area contributed by atoms with E-state index in [-0.39, 0.29) is 11.5 Å². The second-order valence-electron chi connectivity index (χ2n) is 7.66. The molecule has 2 heterocycles. The summed E-state index contributed by atoms with van der Waals surface area (Å²) in [5, 5.41) is 2.78. The fraction of sp³-hybridized carbons (Fsp3) is 0.524. The predicted molar refractivity (Wildman–Crippen MR) is 105 cm³/mol. The molecule has 0 aliphatic carbocycles. The van der Waals surface area contributed by atoms with Gasteiger partial charge >= 0.3 is 0 Å². The van der Waals surface area contributed by atoms with E-state index in [4.69, 9.17) is 0 Å². The Morgan fingerprint density at radius 1 is 1.29 bits per heavy atom. The molecule has 2 N–H and O–H groups in total. The number of amides is 1. The van der Waals surface area contributed by atoms with Crippen LogP contribution in [0.2, 0.25) is 0 Å². The van der Waals surface area contributed by atoms with E-state index in [1.807, 2.05) is 6.20 Å². The summed E-state index contributed by atoms with van der Waals surface area (Å²) in [6, 6.07) is 5.75. The van der Waals surface area contributed by atoms with Gasteiger partial charge in [-0.3, -0.25) is 4.79 Å². The molecule has 0 radical (unpaired) electrons. The molecule has 0 spiro atoms. The highest BCUT2D eigenvalue weighted by Gasteiger charge is 2.24. The lowest BCUT2D eigenvalue weighted by Gasteiger charge is -2.31. The Bertz CT molecular complexity index is 733. The van der Waals surface area contributed by atoms with Crippen LogP contribution in [0.15, 0.2) is 36.8 Å². The van der Waals surface area contributed by atoms with Gasteiger partial charge < -0.3 is 15.2 Å². The Hall–Kier alpha value is -2.28. The first-order valence-corrected chi connectivity index (χ1v) is 9.88. The number of carbonyl (C=O) groups excluding carboxylic acids is 1. The van der Waals surface area contributed by atoms with Crippen LogP contribution in [0, 0.1) is 5.92 Å². The van der Waals surface area contributed by atoms with Gasteiger partial charge in [0.05, 0.1) is 6.33 Å². The van der Waals surface area contributed by atoms with Gasteiger partial charge in [-0.1, -0.05) is 12.1 Å². The zero-order chi connectivity index (χ0) is 20.0. The lowest BCUT2D eigenvalue weighted by atomic mass is 9.91. The van der Waals surface area contributed by atoms with Gasteiger partial charge in [-0.2, -0.15) is 0 Å². The van der Waals surface area contributed by atoms with Crippen molar-refractivity contribution in [2.45, 2.75) is 45.0 Å². The fourth-order valence-corrected chi connectivity index (χ4v) is 3.61. The Balaban J connectivity index is 1.34. The molecule has 1 aromatic carbocycles. The van der Waals surface area contributed by atoms with Gasteiger partial charge in [-0.05, 0) is 56.8 Å². The first kappa shape index (κ1) is 20.5. The number of H-pyrrole nitrogens is 1. The molecule has 0 unspecified atom stereocenters. The van der Waals surface area contributed by atoms with Crippen molar-refractivity contribution in [3.05, 3.63) is 48.0 Å². The number of aromatic amines is 1. The topological polar surface area (TPSA) is 61.0 Å². The van der Waals surface area contributed by atoms with Crippen molar-refractivity contribution < 1.29 is 13.6 Å². The minimum atomic E-state index is -2.87. The van der Waals surface area contributed by atoms with Crippen molar-refractivity contribution in [1.82, 2.24) is 14.9 Å².